The van der Waals surface area contributed by atoms with E-state index in [2.05, 4.69) is 10.9 Å². The average molecular weight is 230 g/mol. The standard InChI is InChI=1S/C11H22N2O3/c1-8-7-9(5-6-15-8)12-13-10(14)16-11(2,3)4/h8-9,12H,5-7H2,1-4H3,(H,13,14). The van der Waals surface area contributed by atoms with Crippen LogP contribution in [0.25, 0.3) is 0 Å². The van der Waals surface area contributed by atoms with E-state index in [1.807, 2.05) is 27.7 Å². The summed E-state index contributed by atoms with van der Waals surface area (Å²) in [6, 6.07) is 0.260. The largest absolute Gasteiger partial charge is 0.443 e. The number of hydrazine groups is 1. The van der Waals surface area contributed by atoms with E-state index in [1.54, 1.807) is 0 Å². The Labute approximate surface area is 96.8 Å². The van der Waals surface area contributed by atoms with Crippen molar-refractivity contribution in [1.29, 1.82) is 0 Å². The average Bonchev–Trinajstić information content (AvgIpc) is 2.12. The van der Waals surface area contributed by atoms with E-state index >= 15 is 0 Å². The maximum atomic E-state index is 11.4. The molecule has 0 aromatic carbocycles. The third-order valence-electron chi connectivity index (χ3n) is 2.26. The molecule has 1 rings (SSSR count). The summed E-state index contributed by atoms with van der Waals surface area (Å²) in [6.07, 6.45) is 1.61. The molecule has 0 aliphatic carbocycles. The van der Waals surface area contributed by atoms with Gasteiger partial charge in [-0.1, -0.05) is 0 Å². The third-order valence-corrected chi connectivity index (χ3v) is 2.26. The summed E-state index contributed by atoms with van der Waals surface area (Å²) >= 11 is 0. The molecule has 0 spiro atoms. The Morgan fingerprint density at radius 1 is 1.44 bits per heavy atom. The van der Waals surface area contributed by atoms with E-state index in [0.29, 0.717) is 0 Å². The van der Waals surface area contributed by atoms with Gasteiger partial charge in [0.2, 0.25) is 0 Å². The molecule has 1 fully saturated rings. The molecular weight excluding hydrogens is 208 g/mol. The molecule has 2 atom stereocenters. The van der Waals surface area contributed by atoms with Gasteiger partial charge < -0.3 is 9.47 Å². The molecule has 1 amide bonds. The van der Waals surface area contributed by atoms with Crippen LogP contribution in [0.1, 0.15) is 40.5 Å². The van der Waals surface area contributed by atoms with Crippen molar-refractivity contribution in [2.75, 3.05) is 6.61 Å². The van der Waals surface area contributed by atoms with Gasteiger partial charge in [-0.25, -0.2) is 10.2 Å². The minimum absolute atomic E-state index is 0.242. The van der Waals surface area contributed by atoms with Crippen molar-refractivity contribution in [2.45, 2.75) is 58.3 Å². The minimum atomic E-state index is -0.464. The molecule has 1 saturated heterocycles. The summed E-state index contributed by atoms with van der Waals surface area (Å²) in [5.74, 6) is 0. The first-order valence-corrected chi connectivity index (χ1v) is 5.73. The Morgan fingerprint density at radius 3 is 2.69 bits per heavy atom. The Bertz CT molecular complexity index is 238. The topological polar surface area (TPSA) is 59.6 Å². The number of ether oxygens (including phenoxy) is 2. The van der Waals surface area contributed by atoms with Crippen molar-refractivity contribution in [1.82, 2.24) is 10.9 Å². The van der Waals surface area contributed by atoms with Crippen LogP contribution in [0.15, 0.2) is 0 Å². The van der Waals surface area contributed by atoms with Gasteiger partial charge in [-0.05, 0) is 40.5 Å². The fraction of sp³-hybridized carbons (Fsp3) is 0.909. The molecule has 5 heteroatoms. The lowest BCUT2D eigenvalue weighted by Gasteiger charge is -2.28. The van der Waals surface area contributed by atoms with Crippen molar-refractivity contribution >= 4 is 6.09 Å². The second kappa shape index (κ2) is 5.50. The van der Waals surface area contributed by atoms with Crippen LogP contribution >= 0.6 is 0 Å². The summed E-state index contributed by atoms with van der Waals surface area (Å²) < 4.78 is 10.5. The van der Waals surface area contributed by atoms with Crippen molar-refractivity contribution in [3.63, 3.8) is 0 Å². The zero-order valence-corrected chi connectivity index (χ0v) is 10.5. The molecule has 5 nitrogen and oxygen atoms in total. The van der Waals surface area contributed by atoms with Crippen molar-refractivity contribution in [2.24, 2.45) is 0 Å². The van der Waals surface area contributed by atoms with Crippen LogP contribution in [0.2, 0.25) is 0 Å². The summed E-state index contributed by atoms with van der Waals surface area (Å²) in [4.78, 5) is 11.4. The van der Waals surface area contributed by atoms with Crippen molar-refractivity contribution in [3.8, 4) is 0 Å². The van der Waals surface area contributed by atoms with Crippen LogP contribution in [-0.4, -0.2) is 30.4 Å². The molecule has 0 aromatic heterocycles. The molecule has 94 valence electrons. The van der Waals surface area contributed by atoms with Gasteiger partial charge in [-0.15, -0.1) is 0 Å². The van der Waals surface area contributed by atoms with Gasteiger partial charge in [-0.2, -0.15) is 0 Å². The van der Waals surface area contributed by atoms with Crippen LogP contribution < -0.4 is 10.9 Å². The molecule has 1 heterocycles. The Morgan fingerprint density at radius 2 is 2.12 bits per heavy atom. The monoisotopic (exact) mass is 230 g/mol. The zero-order valence-electron chi connectivity index (χ0n) is 10.5. The van der Waals surface area contributed by atoms with Crippen LogP contribution in [-0.2, 0) is 9.47 Å². The molecule has 16 heavy (non-hydrogen) atoms. The maximum absolute atomic E-state index is 11.4. The molecule has 1 aliphatic heterocycles. The first kappa shape index (κ1) is 13.3. The van der Waals surface area contributed by atoms with E-state index in [0.717, 1.165) is 19.4 Å². The fourth-order valence-electron chi connectivity index (χ4n) is 1.59. The highest BCUT2D eigenvalue weighted by Crippen LogP contribution is 2.12. The first-order chi connectivity index (χ1) is 7.37. The van der Waals surface area contributed by atoms with Gasteiger partial charge in [0.15, 0.2) is 0 Å². The number of nitrogens with one attached hydrogen (secondary N) is 2. The lowest BCUT2D eigenvalue weighted by Crippen LogP contribution is -2.49. The van der Waals surface area contributed by atoms with Crippen molar-refractivity contribution in [3.05, 3.63) is 0 Å². The Hall–Kier alpha value is -0.810. The van der Waals surface area contributed by atoms with E-state index in [4.69, 9.17) is 9.47 Å². The lowest BCUT2D eigenvalue weighted by molar-refractivity contribution is 0.00737. The van der Waals surface area contributed by atoms with Crippen LogP contribution in [0.5, 0.6) is 0 Å². The molecule has 2 unspecified atom stereocenters. The second-order valence-corrected chi connectivity index (χ2v) is 5.17. The molecule has 1 aliphatic rings. The highest BCUT2D eigenvalue weighted by atomic mass is 16.6. The smallest absolute Gasteiger partial charge is 0.422 e. The van der Waals surface area contributed by atoms with Gasteiger partial charge in [0.05, 0.1) is 6.10 Å². The fourth-order valence-corrected chi connectivity index (χ4v) is 1.59. The third kappa shape index (κ3) is 5.32. The Kier molecular flexibility index (Phi) is 4.56. The van der Waals surface area contributed by atoms with Gasteiger partial charge in [0, 0.05) is 12.6 Å². The van der Waals surface area contributed by atoms with Crippen LogP contribution in [0.4, 0.5) is 4.79 Å². The van der Waals surface area contributed by atoms with Crippen molar-refractivity contribution < 1.29 is 14.3 Å². The minimum Gasteiger partial charge on any atom is -0.443 e. The van der Waals surface area contributed by atoms with Crippen LogP contribution in [0, 0.1) is 0 Å². The molecule has 0 saturated carbocycles. The number of rotatable bonds is 2. The summed E-state index contributed by atoms with van der Waals surface area (Å²) in [7, 11) is 0. The summed E-state index contributed by atoms with van der Waals surface area (Å²) in [5, 5.41) is 0. The number of carbonyl (C=O) groups excluding carboxylic acids is 1. The summed E-state index contributed by atoms with van der Waals surface area (Å²) in [5.41, 5.74) is 5.07. The number of hydrogen-bond acceptors (Lipinski definition) is 4. The molecular formula is C11H22N2O3. The van der Waals surface area contributed by atoms with Gasteiger partial charge in [0.25, 0.3) is 0 Å². The van der Waals surface area contributed by atoms with E-state index in [9.17, 15) is 4.79 Å². The second-order valence-electron chi connectivity index (χ2n) is 5.17. The Balaban J connectivity index is 2.21. The van der Waals surface area contributed by atoms with Crippen LogP contribution in [0.3, 0.4) is 0 Å². The summed E-state index contributed by atoms with van der Waals surface area (Å²) in [6.45, 7) is 8.27. The molecule has 2 N–H and O–H groups in total. The first-order valence-electron chi connectivity index (χ1n) is 5.73. The van der Waals surface area contributed by atoms with E-state index < -0.39 is 11.7 Å². The molecule has 0 radical (unpaired) electrons. The van der Waals surface area contributed by atoms with E-state index in [1.165, 1.54) is 0 Å². The quantitative estimate of drug-likeness (QED) is 0.707. The van der Waals surface area contributed by atoms with Gasteiger partial charge >= 0.3 is 6.09 Å². The predicted molar refractivity (Wildman–Crippen MR) is 60.9 cm³/mol. The number of amides is 1. The van der Waals surface area contributed by atoms with E-state index in [-0.39, 0.29) is 12.1 Å². The number of hydrogen-bond donors (Lipinski definition) is 2. The predicted octanol–water partition coefficient (Wildman–Crippen LogP) is 1.58. The zero-order chi connectivity index (χ0) is 12.2. The normalized spacial score (nSPS) is 26.2. The maximum Gasteiger partial charge on any atom is 0.422 e. The van der Waals surface area contributed by atoms with Gasteiger partial charge in [-0.3, -0.25) is 5.43 Å². The lowest BCUT2D eigenvalue weighted by atomic mass is 10.1. The van der Waals surface area contributed by atoms with Gasteiger partial charge in [0.1, 0.15) is 5.60 Å². The highest BCUT2D eigenvalue weighted by Gasteiger charge is 2.21. The SMILES string of the molecule is CC1CC(NNC(=O)OC(C)(C)C)CCO1. The number of carbonyl (C=O) groups is 1. The highest BCUT2D eigenvalue weighted by molar-refractivity contribution is 5.67. The molecule has 0 aromatic rings. The molecule has 0 bridgehead atoms.